The molecule has 1 aromatic carbocycles. The molecule has 4 heteroatoms. The fraction of sp³-hybridized carbons (Fsp3) is 0.143. The fourth-order valence-corrected chi connectivity index (χ4v) is 2.65. The van der Waals surface area contributed by atoms with Crippen molar-refractivity contribution in [2.45, 2.75) is 13.8 Å². The van der Waals surface area contributed by atoms with Crippen molar-refractivity contribution in [3.63, 3.8) is 0 Å². The molecule has 2 heterocycles. The summed E-state index contributed by atoms with van der Waals surface area (Å²) in [5, 5.41) is 0.975. The molecule has 0 saturated heterocycles. The van der Waals surface area contributed by atoms with E-state index in [1.165, 1.54) is 4.88 Å². The van der Waals surface area contributed by atoms with Gasteiger partial charge >= 0.3 is 0 Å². The van der Waals surface area contributed by atoms with Gasteiger partial charge in [-0.25, -0.2) is 9.97 Å². The average molecular weight is 256 g/mol. The number of para-hydroxylation sites is 1. The maximum absolute atomic E-state index is 5.89. The maximum Gasteiger partial charge on any atom is 0.231 e. The Kier molecular flexibility index (Phi) is 2.72. The monoisotopic (exact) mass is 256 g/mol. The number of rotatable bonds is 2. The predicted octanol–water partition coefficient (Wildman–Crippen LogP) is 4.10. The van der Waals surface area contributed by atoms with Gasteiger partial charge in [0, 0.05) is 4.88 Å². The molecule has 0 radical (unpaired) electrons. The summed E-state index contributed by atoms with van der Waals surface area (Å²) in [6, 6.07) is 9.98. The largest absolute Gasteiger partial charge is 0.438 e. The Morgan fingerprint density at radius 1 is 1.11 bits per heavy atom. The average Bonchev–Trinajstić information content (AvgIpc) is 2.73. The van der Waals surface area contributed by atoms with E-state index in [4.69, 9.17) is 4.74 Å². The summed E-state index contributed by atoms with van der Waals surface area (Å²) in [6.07, 6.45) is 1.55. The molecule has 3 aromatic rings. The molecule has 0 spiro atoms. The fourth-order valence-electron chi connectivity index (χ4n) is 1.81. The molecule has 3 nitrogen and oxygen atoms in total. The van der Waals surface area contributed by atoms with E-state index in [2.05, 4.69) is 23.0 Å². The lowest BCUT2D eigenvalue weighted by atomic mass is 10.2. The van der Waals surface area contributed by atoms with Crippen molar-refractivity contribution in [2.24, 2.45) is 0 Å². The lowest BCUT2D eigenvalue weighted by Crippen LogP contribution is -1.91. The van der Waals surface area contributed by atoms with Gasteiger partial charge in [-0.2, -0.15) is 0 Å². The standard InChI is InChI=1S/C14H12N2OS/c1-9-5-3-4-6-12(9)17-13-11-7-10(2)18-14(11)16-8-15-13/h3-8H,1-2H3. The zero-order chi connectivity index (χ0) is 12.5. The Bertz CT molecular complexity index is 706. The number of fused-ring (bicyclic) bond motifs is 1. The molecule has 90 valence electrons. The van der Waals surface area contributed by atoms with Gasteiger partial charge in [-0.3, -0.25) is 0 Å². The van der Waals surface area contributed by atoms with Crippen LogP contribution < -0.4 is 4.74 Å². The number of aryl methyl sites for hydroxylation is 2. The van der Waals surface area contributed by atoms with E-state index in [9.17, 15) is 0 Å². The minimum Gasteiger partial charge on any atom is -0.438 e. The van der Waals surface area contributed by atoms with E-state index in [1.54, 1.807) is 17.7 Å². The summed E-state index contributed by atoms with van der Waals surface area (Å²) in [7, 11) is 0. The highest BCUT2D eigenvalue weighted by Crippen LogP contribution is 2.32. The smallest absolute Gasteiger partial charge is 0.231 e. The van der Waals surface area contributed by atoms with Gasteiger partial charge in [-0.15, -0.1) is 11.3 Å². The van der Waals surface area contributed by atoms with Crippen molar-refractivity contribution < 1.29 is 4.74 Å². The lowest BCUT2D eigenvalue weighted by molar-refractivity contribution is 0.465. The van der Waals surface area contributed by atoms with E-state index < -0.39 is 0 Å². The SMILES string of the molecule is Cc1cc2c(Oc3ccccc3C)ncnc2s1. The van der Waals surface area contributed by atoms with Gasteiger partial charge in [0.05, 0.1) is 5.39 Å². The van der Waals surface area contributed by atoms with Gasteiger partial charge in [-0.1, -0.05) is 18.2 Å². The maximum atomic E-state index is 5.89. The van der Waals surface area contributed by atoms with Gasteiger partial charge in [0.1, 0.15) is 16.9 Å². The van der Waals surface area contributed by atoms with Crippen LogP contribution >= 0.6 is 11.3 Å². The molecule has 0 fully saturated rings. The Balaban J connectivity index is 2.07. The van der Waals surface area contributed by atoms with Gasteiger partial charge in [0.2, 0.25) is 5.88 Å². The molecule has 0 saturated carbocycles. The first kappa shape index (κ1) is 11.2. The van der Waals surface area contributed by atoms with Crippen LogP contribution in [0.2, 0.25) is 0 Å². The third-order valence-corrected chi connectivity index (χ3v) is 3.67. The second-order valence-corrected chi connectivity index (χ2v) is 5.36. The van der Waals surface area contributed by atoms with E-state index in [0.717, 1.165) is 21.5 Å². The molecule has 0 N–H and O–H groups in total. The van der Waals surface area contributed by atoms with Crippen molar-refractivity contribution in [2.75, 3.05) is 0 Å². The Morgan fingerprint density at radius 3 is 2.78 bits per heavy atom. The van der Waals surface area contributed by atoms with Crippen molar-refractivity contribution in [3.05, 3.63) is 47.1 Å². The molecule has 0 aliphatic heterocycles. The first-order valence-corrected chi connectivity index (χ1v) is 6.50. The third-order valence-electron chi connectivity index (χ3n) is 2.72. The van der Waals surface area contributed by atoms with Gasteiger partial charge in [0.15, 0.2) is 0 Å². The summed E-state index contributed by atoms with van der Waals surface area (Å²) in [5.41, 5.74) is 1.09. The first-order chi connectivity index (χ1) is 8.74. The van der Waals surface area contributed by atoms with Gasteiger partial charge in [-0.05, 0) is 31.5 Å². The van der Waals surface area contributed by atoms with E-state index >= 15 is 0 Å². The predicted molar refractivity (Wildman–Crippen MR) is 73.4 cm³/mol. The van der Waals surface area contributed by atoms with Crippen LogP contribution in [-0.4, -0.2) is 9.97 Å². The van der Waals surface area contributed by atoms with Crippen molar-refractivity contribution in [1.82, 2.24) is 9.97 Å². The number of ether oxygens (including phenoxy) is 1. The first-order valence-electron chi connectivity index (χ1n) is 5.68. The lowest BCUT2D eigenvalue weighted by Gasteiger charge is -2.07. The molecule has 0 unspecified atom stereocenters. The van der Waals surface area contributed by atoms with Crippen molar-refractivity contribution in [3.8, 4) is 11.6 Å². The summed E-state index contributed by atoms with van der Waals surface area (Å²) >= 11 is 1.65. The van der Waals surface area contributed by atoms with Crippen LogP contribution in [0.5, 0.6) is 11.6 Å². The Labute approximate surface area is 109 Å². The number of aromatic nitrogens is 2. The normalized spacial score (nSPS) is 10.8. The molecular formula is C14H12N2OS. The minimum absolute atomic E-state index is 0.624. The second-order valence-electron chi connectivity index (χ2n) is 4.12. The highest BCUT2D eigenvalue weighted by atomic mass is 32.1. The van der Waals surface area contributed by atoms with Crippen molar-refractivity contribution in [1.29, 1.82) is 0 Å². The highest BCUT2D eigenvalue weighted by Gasteiger charge is 2.09. The van der Waals surface area contributed by atoms with Crippen molar-refractivity contribution >= 4 is 21.6 Å². The number of hydrogen-bond acceptors (Lipinski definition) is 4. The Morgan fingerprint density at radius 2 is 1.94 bits per heavy atom. The molecule has 0 amide bonds. The zero-order valence-electron chi connectivity index (χ0n) is 10.2. The van der Waals surface area contributed by atoms with Crippen LogP contribution in [0.1, 0.15) is 10.4 Å². The zero-order valence-corrected chi connectivity index (χ0v) is 11.0. The molecule has 0 aliphatic carbocycles. The molecular weight excluding hydrogens is 244 g/mol. The van der Waals surface area contributed by atoms with Crippen LogP contribution in [0.15, 0.2) is 36.7 Å². The topological polar surface area (TPSA) is 35.0 Å². The van der Waals surface area contributed by atoms with E-state index in [0.29, 0.717) is 5.88 Å². The molecule has 0 aliphatic rings. The third kappa shape index (κ3) is 1.95. The quantitative estimate of drug-likeness (QED) is 0.692. The molecule has 18 heavy (non-hydrogen) atoms. The molecule has 0 bridgehead atoms. The molecule has 2 aromatic heterocycles. The van der Waals surface area contributed by atoms with Crippen LogP contribution in [0.3, 0.4) is 0 Å². The Hall–Kier alpha value is -1.94. The summed E-state index contributed by atoms with van der Waals surface area (Å²) in [6.45, 7) is 4.08. The second kappa shape index (κ2) is 4.38. The van der Waals surface area contributed by atoms with Gasteiger partial charge < -0.3 is 4.74 Å². The minimum atomic E-state index is 0.624. The van der Waals surface area contributed by atoms with Crippen LogP contribution in [0.25, 0.3) is 10.2 Å². The number of hydrogen-bond donors (Lipinski definition) is 0. The number of thiophene rings is 1. The van der Waals surface area contributed by atoms with Crippen LogP contribution in [0, 0.1) is 13.8 Å². The summed E-state index contributed by atoms with van der Waals surface area (Å²) in [5.74, 6) is 1.46. The summed E-state index contributed by atoms with van der Waals surface area (Å²) < 4.78 is 5.89. The van der Waals surface area contributed by atoms with E-state index in [-0.39, 0.29) is 0 Å². The molecule has 3 rings (SSSR count). The molecule has 0 atom stereocenters. The van der Waals surface area contributed by atoms with Gasteiger partial charge in [0.25, 0.3) is 0 Å². The summed E-state index contributed by atoms with van der Waals surface area (Å²) in [4.78, 5) is 10.7. The number of nitrogens with zero attached hydrogens (tertiary/aromatic N) is 2. The van der Waals surface area contributed by atoms with Crippen LogP contribution in [-0.2, 0) is 0 Å². The van der Waals surface area contributed by atoms with E-state index in [1.807, 2.05) is 31.2 Å². The highest BCUT2D eigenvalue weighted by molar-refractivity contribution is 7.18. The number of benzene rings is 1. The van der Waals surface area contributed by atoms with Crippen LogP contribution in [0.4, 0.5) is 0 Å².